The number of rotatable bonds is 19. The van der Waals surface area contributed by atoms with Crippen LogP contribution in [-0.2, 0) is 19.1 Å². The van der Waals surface area contributed by atoms with Crippen molar-refractivity contribution in [3.63, 3.8) is 0 Å². The van der Waals surface area contributed by atoms with Crippen LogP contribution in [0.1, 0.15) is 120 Å². The van der Waals surface area contributed by atoms with Gasteiger partial charge in [-0.1, -0.05) is 57.7 Å². The van der Waals surface area contributed by atoms with E-state index in [0.717, 1.165) is 62.5 Å². The van der Waals surface area contributed by atoms with Crippen molar-refractivity contribution in [2.75, 3.05) is 13.2 Å². The number of hydrogen-bond donors (Lipinski definition) is 0. The molecule has 0 amide bonds. The van der Waals surface area contributed by atoms with Gasteiger partial charge in [0.05, 0.1) is 13.2 Å². The number of hydrogen-bond acceptors (Lipinski definition) is 4. The molecule has 0 rings (SSSR count). The second-order valence-electron chi connectivity index (χ2n) is 10.8. The van der Waals surface area contributed by atoms with E-state index in [-0.39, 0.29) is 11.9 Å². The van der Waals surface area contributed by atoms with E-state index in [1.807, 2.05) is 13.8 Å². The van der Waals surface area contributed by atoms with Crippen LogP contribution in [0.2, 0.25) is 0 Å². The van der Waals surface area contributed by atoms with Gasteiger partial charge in [0.2, 0.25) is 0 Å². The molecule has 0 aromatic rings. The van der Waals surface area contributed by atoms with Gasteiger partial charge < -0.3 is 9.47 Å². The lowest BCUT2D eigenvalue weighted by Gasteiger charge is -2.05. The maximum absolute atomic E-state index is 12.0. The maximum atomic E-state index is 12.0. The van der Waals surface area contributed by atoms with Crippen LogP contribution in [-0.4, -0.2) is 25.2 Å². The average Bonchev–Trinajstić information content (AvgIpc) is 2.80. The molecule has 4 nitrogen and oxygen atoms in total. The lowest BCUT2D eigenvalue weighted by Crippen LogP contribution is -2.07. The van der Waals surface area contributed by atoms with Crippen LogP contribution in [0.15, 0.2) is 69.9 Å². The Hall–Kier alpha value is -2.62. The van der Waals surface area contributed by atoms with Gasteiger partial charge in [0.1, 0.15) is 0 Å². The molecule has 0 heterocycles. The summed E-state index contributed by atoms with van der Waals surface area (Å²) < 4.78 is 10.6. The summed E-state index contributed by atoms with van der Waals surface area (Å²) in [5.41, 5.74) is 7.53. The second kappa shape index (κ2) is 22.4. The zero-order valence-electron chi connectivity index (χ0n) is 25.6. The minimum atomic E-state index is -0.302. The van der Waals surface area contributed by atoms with Gasteiger partial charge in [0.15, 0.2) is 0 Å². The zero-order chi connectivity index (χ0) is 28.8. The summed E-state index contributed by atoms with van der Waals surface area (Å²) >= 11 is 0. The highest BCUT2D eigenvalue weighted by atomic mass is 16.5. The van der Waals surface area contributed by atoms with E-state index >= 15 is 0 Å². The molecule has 0 atom stereocenters. The number of carbonyl (C=O) groups excluding carboxylic acids is 2. The maximum Gasteiger partial charge on any atom is 0.330 e. The van der Waals surface area contributed by atoms with Crippen LogP contribution in [0.25, 0.3) is 0 Å². The highest BCUT2D eigenvalue weighted by Gasteiger charge is 2.03. The lowest BCUT2D eigenvalue weighted by molar-refractivity contribution is -0.140. The Bertz CT molecular complexity index is 811. The second-order valence-corrected chi connectivity index (χ2v) is 10.8. The number of allylic oxidation sites excluding steroid dienone is 10. The van der Waals surface area contributed by atoms with Crippen molar-refractivity contribution in [2.24, 2.45) is 0 Å². The van der Waals surface area contributed by atoms with Crippen molar-refractivity contribution in [1.82, 2.24) is 0 Å². The molecule has 0 radical (unpaired) electrons. The first-order chi connectivity index (χ1) is 18.0. The summed E-state index contributed by atoms with van der Waals surface area (Å²) in [6.45, 7) is 17.4. The molecule has 0 aliphatic rings. The van der Waals surface area contributed by atoms with Crippen LogP contribution in [0.5, 0.6) is 0 Å². The third-order valence-electron chi connectivity index (χ3n) is 6.00. The van der Waals surface area contributed by atoms with E-state index in [9.17, 15) is 9.59 Å². The molecule has 0 aromatic carbocycles. The van der Waals surface area contributed by atoms with Crippen LogP contribution in [0.4, 0.5) is 0 Å². The largest absolute Gasteiger partial charge is 0.463 e. The van der Waals surface area contributed by atoms with Crippen molar-refractivity contribution in [3.8, 4) is 0 Å². The fourth-order valence-corrected chi connectivity index (χ4v) is 3.65. The lowest BCUT2D eigenvalue weighted by atomic mass is 10.1. The molecule has 0 aliphatic heterocycles. The molecule has 0 fully saturated rings. The van der Waals surface area contributed by atoms with Gasteiger partial charge in [-0.3, -0.25) is 0 Å². The minimum absolute atomic E-state index is 0.302. The summed E-state index contributed by atoms with van der Waals surface area (Å²) in [5, 5.41) is 0. The van der Waals surface area contributed by atoms with E-state index in [1.165, 1.54) is 22.3 Å². The molecule has 0 spiro atoms. The number of ether oxygens (including phenoxy) is 2. The summed E-state index contributed by atoms with van der Waals surface area (Å²) in [5.74, 6) is -0.605. The Labute approximate surface area is 233 Å². The first-order valence-electron chi connectivity index (χ1n) is 14.3. The summed E-state index contributed by atoms with van der Waals surface area (Å²) in [6.07, 6.45) is 21.4. The molecule has 0 aromatic heterocycles. The van der Waals surface area contributed by atoms with Crippen molar-refractivity contribution in [3.05, 3.63) is 69.9 Å². The molecule has 0 aliphatic carbocycles. The van der Waals surface area contributed by atoms with Gasteiger partial charge in [0, 0.05) is 12.2 Å². The van der Waals surface area contributed by atoms with Crippen molar-refractivity contribution in [2.45, 2.75) is 120 Å². The molecule has 4 heteroatoms. The van der Waals surface area contributed by atoms with Gasteiger partial charge in [-0.05, 0) is 120 Å². The Kier molecular flexibility index (Phi) is 20.8. The molecular weight excluding hydrogens is 472 g/mol. The van der Waals surface area contributed by atoms with Gasteiger partial charge in [-0.25, -0.2) is 9.59 Å². The Morgan fingerprint density at radius 1 is 0.474 bits per heavy atom. The topological polar surface area (TPSA) is 52.6 Å². The highest BCUT2D eigenvalue weighted by Crippen LogP contribution is 2.13. The molecule has 0 saturated heterocycles. The van der Waals surface area contributed by atoms with Gasteiger partial charge in [-0.2, -0.15) is 0 Å². The highest BCUT2D eigenvalue weighted by molar-refractivity contribution is 5.83. The molecule has 0 saturated carbocycles. The van der Waals surface area contributed by atoms with E-state index in [4.69, 9.17) is 9.47 Å². The molecule has 0 N–H and O–H groups in total. The molecule has 0 bridgehead atoms. The SMILES string of the molecule is CC(C)=CCC/C(C)=C/CC/C(C)=C/C(=O)OCCCCOC(=O)/C=C(\C)CC/C=C(\C)CCC=C(C)C. The fourth-order valence-electron chi connectivity index (χ4n) is 3.65. The van der Waals surface area contributed by atoms with Crippen LogP contribution >= 0.6 is 0 Å². The summed E-state index contributed by atoms with van der Waals surface area (Å²) in [7, 11) is 0. The predicted molar refractivity (Wildman–Crippen MR) is 162 cm³/mol. The molecule has 38 heavy (non-hydrogen) atoms. The Morgan fingerprint density at radius 2 is 0.789 bits per heavy atom. The van der Waals surface area contributed by atoms with E-state index in [2.05, 4.69) is 65.8 Å². The van der Waals surface area contributed by atoms with E-state index in [1.54, 1.807) is 12.2 Å². The smallest absolute Gasteiger partial charge is 0.330 e. The first-order valence-corrected chi connectivity index (χ1v) is 14.3. The standard InChI is InChI=1S/C34H54O4/c1-27(2)15-11-17-29(5)19-13-21-31(7)25-33(35)37-23-9-10-24-38-34(36)26-32(8)22-14-20-30(6)18-12-16-28(3)4/h15-16,19-20,25-26H,9-14,17-18,21-24H2,1-8H3/b29-19+,30-20+,31-25+,32-26+. The summed E-state index contributed by atoms with van der Waals surface area (Å²) in [6, 6.07) is 0. The number of carbonyl (C=O) groups is 2. The third kappa shape index (κ3) is 23.8. The van der Waals surface area contributed by atoms with Gasteiger partial charge in [0.25, 0.3) is 0 Å². The van der Waals surface area contributed by atoms with Crippen LogP contribution in [0, 0.1) is 0 Å². The molecular formula is C34H54O4. The average molecular weight is 527 g/mol. The quantitative estimate of drug-likeness (QED) is 0.0727. The number of esters is 2. The fraction of sp³-hybridized carbons (Fsp3) is 0.588. The van der Waals surface area contributed by atoms with Gasteiger partial charge >= 0.3 is 11.9 Å². The Balaban J connectivity index is 4.03. The van der Waals surface area contributed by atoms with Gasteiger partial charge in [-0.15, -0.1) is 0 Å². The third-order valence-corrected chi connectivity index (χ3v) is 6.00. The van der Waals surface area contributed by atoms with E-state index in [0.29, 0.717) is 26.1 Å². The minimum Gasteiger partial charge on any atom is -0.463 e. The van der Waals surface area contributed by atoms with Crippen molar-refractivity contribution in [1.29, 1.82) is 0 Å². The first kappa shape index (κ1) is 35.4. The zero-order valence-corrected chi connectivity index (χ0v) is 25.6. The monoisotopic (exact) mass is 526 g/mol. The summed E-state index contributed by atoms with van der Waals surface area (Å²) in [4.78, 5) is 24.0. The van der Waals surface area contributed by atoms with Crippen molar-refractivity contribution >= 4 is 11.9 Å². The normalized spacial score (nSPS) is 12.7. The molecule has 0 unspecified atom stereocenters. The van der Waals surface area contributed by atoms with Crippen LogP contribution in [0.3, 0.4) is 0 Å². The number of unbranched alkanes of at least 4 members (excludes halogenated alkanes) is 1. The van der Waals surface area contributed by atoms with Crippen LogP contribution < -0.4 is 0 Å². The Morgan fingerprint density at radius 3 is 1.13 bits per heavy atom. The van der Waals surface area contributed by atoms with E-state index < -0.39 is 0 Å². The predicted octanol–water partition coefficient (Wildman–Crippen LogP) is 9.69. The molecule has 214 valence electrons. The van der Waals surface area contributed by atoms with Crippen molar-refractivity contribution < 1.29 is 19.1 Å².